The molecule has 0 atom stereocenters. The molecule has 1 N–H and O–H groups in total. The quantitative estimate of drug-likeness (QED) is 0.666. The highest BCUT2D eigenvalue weighted by Crippen LogP contribution is 2.28. The number of halogens is 2. The maximum absolute atomic E-state index is 13.2. The van der Waals surface area contributed by atoms with E-state index >= 15 is 0 Å². The van der Waals surface area contributed by atoms with Crippen molar-refractivity contribution in [1.82, 2.24) is 4.98 Å². The third-order valence-corrected chi connectivity index (χ3v) is 3.40. The molecule has 0 unspecified atom stereocenters. The van der Waals surface area contributed by atoms with Crippen LogP contribution in [-0.4, -0.2) is 4.98 Å². The smallest absolute Gasteiger partial charge is 0.123 e. The summed E-state index contributed by atoms with van der Waals surface area (Å²) in [4.78, 5) is 3.29. The lowest BCUT2D eigenvalue weighted by atomic mass is 10.1. The maximum atomic E-state index is 13.2. The summed E-state index contributed by atoms with van der Waals surface area (Å²) in [5.41, 5.74) is 2.81. The number of rotatable bonds is 1. The van der Waals surface area contributed by atoms with Crippen molar-refractivity contribution in [2.24, 2.45) is 0 Å². The first-order chi connectivity index (χ1) is 8.24. The average Bonchev–Trinajstić information content (AvgIpc) is 2.74. The molecule has 17 heavy (non-hydrogen) atoms. The van der Waals surface area contributed by atoms with E-state index in [0.717, 1.165) is 26.6 Å². The molecule has 3 rings (SSSR count). The Hall–Kier alpha value is -1.61. The van der Waals surface area contributed by atoms with Crippen LogP contribution in [0, 0.1) is 5.82 Å². The molecule has 0 aliphatic rings. The van der Waals surface area contributed by atoms with Crippen LogP contribution in [0.1, 0.15) is 0 Å². The summed E-state index contributed by atoms with van der Waals surface area (Å²) in [6, 6.07) is 14.6. The number of benzene rings is 2. The van der Waals surface area contributed by atoms with Crippen molar-refractivity contribution >= 4 is 26.8 Å². The largest absolute Gasteiger partial charge is 0.354 e. The Kier molecular flexibility index (Phi) is 2.48. The summed E-state index contributed by atoms with van der Waals surface area (Å²) in [6.45, 7) is 0. The van der Waals surface area contributed by atoms with Crippen LogP contribution in [0.15, 0.2) is 53.0 Å². The van der Waals surface area contributed by atoms with Gasteiger partial charge in [0.1, 0.15) is 5.82 Å². The molecular weight excluding hydrogens is 281 g/mol. The molecule has 0 aliphatic carbocycles. The van der Waals surface area contributed by atoms with Gasteiger partial charge in [-0.2, -0.15) is 0 Å². The molecule has 0 aliphatic heterocycles. The predicted octanol–water partition coefficient (Wildman–Crippen LogP) is 4.74. The van der Waals surface area contributed by atoms with Gasteiger partial charge in [-0.3, -0.25) is 0 Å². The molecule has 1 aromatic heterocycles. The summed E-state index contributed by atoms with van der Waals surface area (Å²) in [6.07, 6.45) is 0. The summed E-state index contributed by atoms with van der Waals surface area (Å²) >= 11 is 3.49. The van der Waals surface area contributed by atoms with E-state index in [2.05, 4.69) is 20.9 Å². The molecule has 0 amide bonds. The van der Waals surface area contributed by atoms with E-state index in [4.69, 9.17) is 0 Å². The normalized spacial score (nSPS) is 10.9. The fraction of sp³-hybridized carbons (Fsp3) is 0. The summed E-state index contributed by atoms with van der Waals surface area (Å²) in [5.74, 6) is -0.222. The van der Waals surface area contributed by atoms with Gasteiger partial charge in [0.25, 0.3) is 0 Å². The average molecular weight is 290 g/mol. The van der Waals surface area contributed by atoms with E-state index in [0.29, 0.717) is 0 Å². The number of hydrogen-bond donors (Lipinski definition) is 1. The Balaban J connectivity index is 2.22. The molecule has 0 bridgehead atoms. The Bertz CT molecular complexity index is 688. The van der Waals surface area contributed by atoms with E-state index < -0.39 is 0 Å². The van der Waals surface area contributed by atoms with Gasteiger partial charge in [0, 0.05) is 21.1 Å². The Morgan fingerprint density at radius 1 is 1.00 bits per heavy atom. The first-order valence-electron chi connectivity index (χ1n) is 5.27. The van der Waals surface area contributed by atoms with Crippen LogP contribution in [0.3, 0.4) is 0 Å². The fourth-order valence-corrected chi connectivity index (χ4v) is 2.41. The molecular formula is C14H9BrFN. The molecule has 84 valence electrons. The zero-order valence-corrected chi connectivity index (χ0v) is 10.5. The van der Waals surface area contributed by atoms with Crippen molar-refractivity contribution in [3.05, 3.63) is 58.8 Å². The third-order valence-electron chi connectivity index (χ3n) is 2.74. The lowest BCUT2D eigenvalue weighted by molar-refractivity contribution is 0.628. The minimum atomic E-state index is -0.222. The number of nitrogens with one attached hydrogen (secondary N) is 1. The lowest BCUT2D eigenvalue weighted by Gasteiger charge is -1.97. The number of aromatic amines is 1. The highest BCUT2D eigenvalue weighted by Gasteiger charge is 2.05. The van der Waals surface area contributed by atoms with E-state index in [-0.39, 0.29) is 5.82 Å². The second kappa shape index (κ2) is 4.00. The van der Waals surface area contributed by atoms with E-state index in [1.165, 1.54) is 12.1 Å². The molecule has 1 nitrogen and oxygen atoms in total. The number of H-pyrrole nitrogens is 1. The van der Waals surface area contributed by atoms with Gasteiger partial charge in [0.15, 0.2) is 0 Å². The van der Waals surface area contributed by atoms with E-state index in [9.17, 15) is 4.39 Å². The first kappa shape index (κ1) is 10.5. The van der Waals surface area contributed by atoms with Gasteiger partial charge in [-0.1, -0.05) is 24.3 Å². The molecule has 0 saturated heterocycles. The first-order valence-corrected chi connectivity index (χ1v) is 6.06. The second-order valence-corrected chi connectivity index (χ2v) is 4.75. The van der Waals surface area contributed by atoms with Crippen LogP contribution >= 0.6 is 15.9 Å². The van der Waals surface area contributed by atoms with Crippen molar-refractivity contribution in [3.8, 4) is 11.3 Å². The van der Waals surface area contributed by atoms with Crippen molar-refractivity contribution < 1.29 is 4.39 Å². The van der Waals surface area contributed by atoms with E-state index in [1.807, 2.05) is 30.3 Å². The third kappa shape index (κ3) is 1.87. The Labute approximate surface area is 106 Å². The predicted molar refractivity (Wildman–Crippen MR) is 71.4 cm³/mol. The Morgan fingerprint density at radius 2 is 1.82 bits per heavy atom. The van der Waals surface area contributed by atoms with Crippen LogP contribution in [0.5, 0.6) is 0 Å². The van der Waals surface area contributed by atoms with Crippen LogP contribution in [0.2, 0.25) is 0 Å². The van der Waals surface area contributed by atoms with Gasteiger partial charge in [0.2, 0.25) is 0 Å². The molecule has 0 fully saturated rings. The number of aromatic nitrogens is 1. The minimum Gasteiger partial charge on any atom is -0.354 e. The second-order valence-electron chi connectivity index (χ2n) is 3.90. The van der Waals surface area contributed by atoms with E-state index in [1.54, 1.807) is 6.07 Å². The van der Waals surface area contributed by atoms with Gasteiger partial charge in [0.05, 0.1) is 5.52 Å². The summed E-state index contributed by atoms with van der Waals surface area (Å²) < 4.78 is 14.2. The van der Waals surface area contributed by atoms with Crippen molar-refractivity contribution in [2.45, 2.75) is 0 Å². The molecule has 0 spiro atoms. The number of para-hydroxylation sites is 1. The molecule has 2 aromatic carbocycles. The standard InChI is InChI=1S/C14H9BrFN/c15-12-6-2-4-10-8-13(17-14(10)12)9-3-1-5-11(16)7-9/h1-8,17H. The van der Waals surface area contributed by atoms with Crippen LogP contribution in [0.4, 0.5) is 4.39 Å². The Morgan fingerprint density at radius 3 is 2.59 bits per heavy atom. The monoisotopic (exact) mass is 289 g/mol. The maximum Gasteiger partial charge on any atom is 0.123 e. The topological polar surface area (TPSA) is 15.8 Å². The van der Waals surface area contributed by atoms with Crippen LogP contribution in [-0.2, 0) is 0 Å². The van der Waals surface area contributed by atoms with Crippen LogP contribution < -0.4 is 0 Å². The molecule has 3 aromatic rings. The van der Waals surface area contributed by atoms with Gasteiger partial charge in [-0.15, -0.1) is 0 Å². The molecule has 0 radical (unpaired) electrons. The highest BCUT2D eigenvalue weighted by atomic mass is 79.9. The van der Waals surface area contributed by atoms with Gasteiger partial charge < -0.3 is 4.98 Å². The zero-order valence-electron chi connectivity index (χ0n) is 8.87. The summed E-state index contributed by atoms with van der Waals surface area (Å²) in [7, 11) is 0. The van der Waals surface area contributed by atoms with Gasteiger partial charge in [-0.05, 0) is 40.2 Å². The van der Waals surface area contributed by atoms with Crippen molar-refractivity contribution in [2.75, 3.05) is 0 Å². The minimum absolute atomic E-state index is 0.222. The molecule has 3 heteroatoms. The number of fused-ring (bicyclic) bond motifs is 1. The molecule has 0 saturated carbocycles. The highest BCUT2D eigenvalue weighted by molar-refractivity contribution is 9.10. The summed E-state index contributed by atoms with van der Waals surface area (Å²) in [5, 5.41) is 1.11. The zero-order chi connectivity index (χ0) is 11.8. The SMILES string of the molecule is Fc1cccc(-c2cc3cccc(Br)c3[nH]2)c1. The lowest BCUT2D eigenvalue weighted by Crippen LogP contribution is -1.79. The van der Waals surface area contributed by atoms with Gasteiger partial charge >= 0.3 is 0 Å². The number of hydrogen-bond acceptors (Lipinski definition) is 0. The van der Waals surface area contributed by atoms with Crippen LogP contribution in [0.25, 0.3) is 22.2 Å². The fourth-order valence-electron chi connectivity index (χ4n) is 1.93. The van der Waals surface area contributed by atoms with Gasteiger partial charge in [-0.25, -0.2) is 4.39 Å². The van der Waals surface area contributed by atoms with Crippen molar-refractivity contribution in [3.63, 3.8) is 0 Å². The molecule has 1 heterocycles. The van der Waals surface area contributed by atoms with Crippen molar-refractivity contribution in [1.29, 1.82) is 0 Å².